The van der Waals surface area contributed by atoms with Crippen molar-refractivity contribution >= 4 is 44.8 Å². The first kappa shape index (κ1) is 26.4. The summed E-state index contributed by atoms with van der Waals surface area (Å²) in [6.45, 7) is 9.45. The first-order chi connectivity index (χ1) is 15.9. The number of rotatable bonds is 6. The van der Waals surface area contributed by atoms with E-state index in [1.54, 1.807) is 0 Å². The van der Waals surface area contributed by atoms with Crippen LogP contribution in [0.5, 0.6) is 0 Å². The molecule has 184 valence electrons. The Hall–Kier alpha value is -2.21. The van der Waals surface area contributed by atoms with Gasteiger partial charge in [-0.1, -0.05) is 23.9 Å². The molecule has 0 radical (unpaired) electrons. The first-order valence-corrected chi connectivity index (χ1v) is 13.6. The molecule has 0 aliphatic carbocycles. The van der Waals surface area contributed by atoms with Crippen LogP contribution >= 0.6 is 24.0 Å². The third kappa shape index (κ3) is 5.70. The van der Waals surface area contributed by atoms with Gasteiger partial charge in [-0.3, -0.25) is 10.1 Å². The molecular weight excluding hydrogens is 492 g/mol. The molecule has 1 fully saturated rings. The summed E-state index contributed by atoms with van der Waals surface area (Å²) in [6, 6.07) is 10.3. The van der Waals surface area contributed by atoms with E-state index in [0.717, 1.165) is 16.0 Å². The molecule has 1 aliphatic heterocycles. The van der Waals surface area contributed by atoms with E-state index in [9.17, 15) is 18.5 Å². The lowest BCUT2D eigenvalue weighted by Gasteiger charge is -2.39. The Bertz CT molecular complexity index is 1190. The molecule has 0 N–H and O–H groups in total. The summed E-state index contributed by atoms with van der Waals surface area (Å²) in [7, 11) is -2.03. The molecule has 2 aromatic rings. The Morgan fingerprint density at radius 2 is 1.74 bits per heavy atom. The fraction of sp³-hybridized carbons (Fsp3) is 0.435. The summed E-state index contributed by atoms with van der Waals surface area (Å²) in [5, 5.41) is 12.1. The van der Waals surface area contributed by atoms with E-state index in [0.29, 0.717) is 23.1 Å². The Kier molecular flexibility index (Phi) is 8.22. The number of hydrogen-bond acceptors (Lipinski definition) is 6. The third-order valence-electron chi connectivity index (χ3n) is 5.90. The number of hydrogen-bond donors (Lipinski definition) is 0. The van der Waals surface area contributed by atoms with Crippen LogP contribution in [-0.2, 0) is 10.0 Å². The Morgan fingerprint density at radius 3 is 2.32 bits per heavy atom. The van der Waals surface area contributed by atoms with Crippen molar-refractivity contribution in [1.82, 2.24) is 14.1 Å². The van der Waals surface area contributed by atoms with Gasteiger partial charge in [0.1, 0.15) is 4.90 Å². The van der Waals surface area contributed by atoms with Crippen LogP contribution in [0.25, 0.3) is 0 Å². The number of nitro groups is 1. The van der Waals surface area contributed by atoms with Crippen molar-refractivity contribution in [2.75, 3.05) is 33.2 Å². The van der Waals surface area contributed by atoms with Gasteiger partial charge in [0, 0.05) is 61.2 Å². The lowest BCUT2D eigenvalue weighted by atomic mass is 10.2. The molecule has 11 heteroatoms. The third-order valence-corrected chi connectivity index (χ3v) is 9.75. The van der Waals surface area contributed by atoms with E-state index < -0.39 is 14.9 Å². The number of nitro benzene ring substituents is 1. The molecule has 0 atom stereocenters. The number of thiocarbonyl (C=S) groups is 1. The summed E-state index contributed by atoms with van der Waals surface area (Å²) in [6.07, 6.45) is 0. The molecule has 0 amide bonds. The van der Waals surface area contributed by atoms with E-state index in [2.05, 4.69) is 0 Å². The van der Waals surface area contributed by atoms with Crippen LogP contribution in [0.3, 0.4) is 0 Å². The van der Waals surface area contributed by atoms with Crippen LogP contribution in [0.2, 0.25) is 0 Å². The molecule has 1 saturated heterocycles. The van der Waals surface area contributed by atoms with Gasteiger partial charge >= 0.3 is 0 Å². The van der Waals surface area contributed by atoms with E-state index in [1.807, 2.05) is 62.7 Å². The van der Waals surface area contributed by atoms with Crippen LogP contribution in [0.4, 0.5) is 5.69 Å². The lowest BCUT2D eigenvalue weighted by Crippen LogP contribution is -2.54. The number of nitrogens with zero attached hydrogens (tertiary/aromatic N) is 4. The van der Waals surface area contributed by atoms with Crippen molar-refractivity contribution in [3.8, 4) is 0 Å². The zero-order valence-electron chi connectivity index (χ0n) is 20.0. The summed E-state index contributed by atoms with van der Waals surface area (Å²) >= 11 is 6.88. The predicted molar refractivity (Wildman–Crippen MR) is 139 cm³/mol. The van der Waals surface area contributed by atoms with Gasteiger partial charge in [-0.05, 0) is 63.2 Å². The maximum Gasteiger partial charge on any atom is 0.270 e. The SMILES string of the molecule is Cc1ccc(C)c(Sc2ccc([N+](=O)[O-])cc2S(=O)(=O)N2CCN(C(=S)N(C)C(C)C)CC2)c1. The van der Waals surface area contributed by atoms with Gasteiger partial charge in [-0.25, -0.2) is 8.42 Å². The smallest absolute Gasteiger partial charge is 0.270 e. The largest absolute Gasteiger partial charge is 0.350 e. The number of sulfonamides is 1. The van der Waals surface area contributed by atoms with Crippen LogP contribution in [0.15, 0.2) is 51.1 Å². The first-order valence-electron chi connectivity index (χ1n) is 11.0. The van der Waals surface area contributed by atoms with Gasteiger partial charge in [-0.15, -0.1) is 0 Å². The zero-order chi connectivity index (χ0) is 25.2. The summed E-state index contributed by atoms with van der Waals surface area (Å²) in [4.78, 5) is 16.2. The van der Waals surface area contributed by atoms with Gasteiger partial charge in [0.15, 0.2) is 5.11 Å². The zero-order valence-corrected chi connectivity index (χ0v) is 22.5. The van der Waals surface area contributed by atoms with Crippen molar-refractivity contribution < 1.29 is 13.3 Å². The number of aryl methyl sites for hydroxylation is 2. The summed E-state index contributed by atoms with van der Waals surface area (Å²) in [5.41, 5.74) is 1.81. The highest BCUT2D eigenvalue weighted by atomic mass is 32.2. The van der Waals surface area contributed by atoms with E-state index in [1.165, 1.54) is 34.3 Å². The number of benzene rings is 2. The monoisotopic (exact) mass is 522 g/mol. The molecule has 0 unspecified atom stereocenters. The molecule has 34 heavy (non-hydrogen) atoms. The molecule has 2 aromatic carbocycles. The minimum absolute atomic E-state index is 0.0390. The van der Waals surface area contributed by atoms with E-state index in [-0.39, 0.29) is 29.7 Å². The molecule has 1 heterocycles. The highest BCUT2D eigenvalue weighted by Crippen LogP contribution is 2.38. The maximum absolute atomic E-state index is 13.7. The summed E-state index contributed by atoms with van der Waals surface area (Å²) < 4.78 is 28.7. The second-order valence-corrected chi connectivity index (χ2v) is 12.0. The topological polar surface area (TPSA) is 87.0 Å². The maximum atomic E-state index is 13.7. The minimum Gasteiger partial charge on any atom is -0.350 e. The number of non-ortho nitro benzene ring substituents is 1. The van der Waals surface area contributed by atoms with E-state index in [4.69, 9.17) is 12.2 Å². The van der Waals surface area contributed by atoms with E-state index >= 15 is 0 Å². The standard InChI is InChI=1S/C23H30N4O4S3/c1-16(2)24(5)23(32)25-10-12-26(13-11-25)34(30,31)22-15-19(27(28)29)8-9-20(22)33-21-14-17(3)6-7-18(21)4/h6-9,14-16H,10-13H2,1-5H3. The van der Waals surface area contributed by atoms with Gasteiger partial charge in [-0.2, -0.15) is 4.31 Å². The highest BCUT2D eigenvalue weighted by molar-refractivity contribution is 8.00. The highest BCUT2D eigenvalue weighted by Gasteiger charge is 2.33. The molecule has 0 saturated carbocycles. The van der Waals surface area contributed by atoms with Gasteiger partial charge in [0.25, 0.3) is 5.69 Å². The molecule has 0 aromatic heterocycles. The van der Waals surface area contributed by atoms with Crippen LogP contribution < -0.4 is 0 Å². The second kappa shape index (κ2) is 10.6. The fourth-order valence-corrected chi connectivity index (χ4v) is 6.89. The fourth-order valence-electron chi connectivity index (χ4n) is 3.53. The van der Waals surface area contributed by atoms with Crippen molar-refractivity contribution in [2.45, 2.75) is 48.4 Å². The normalized spacial score (nSPS) is 14.9. The van der Waals surface area contributed by atoms with Gasteiger partial charge in [0.05, 0.1) is 4.92 Å². The average molecular weight is 523 g/mol. The van der Waals surface area contributed by atoms with Gasteiger partial charge < -0.3 is 9.80 Å². The molecule has 8 nitrogen and oxygen atoms in total. The van der Waals surface area contributed by atoms with Crippen LogP contribution in [0.1, 0.15) is 25.0 Å². The second-order valence-electron chi connectivity index (χ2n) is 8.64. The number of piperazine rings is 1. The quantitative estimate of drug-likeness (QED) is 0.315. The molecule has 0 spiro atoms. The van der Waals surface area contributed by atoms with Crippen molar-refractivity contribution in [3.63, 3.8) is 0 Å². The van der Waals surface area contributed by atoms with Crippen molar-refractivity contribution in [2.24, 2.45) is 0 Å². The van der Waals surface area contributed by atoms with Crippen molar-refractivity contribution in [1.29, 1.82) is 0 Å². The Labute approximate surface area is 211 Å². The lowest BCUT2D eigenvalue weighted by molar-refractivity contribution is -0.385. The molecule has 1 aliphatic rings. The molecular formula is C23H30N4O4S3. The average Bonchev–Trinajstić information content (AvgIpc) is 2.80. The minimum atomic E-state index is -3.95. The molecule has 3 rings (SSSR count). The Balaban J connectivity index is 1.91. The summed E-state index contributed by atoms with van der Waals surface area (Å²) in [5.74, 6) is 0. The van der Waals surface area contributed by atoms with Crippen LogP contribution in [0, 0.1) is 24.0 Å². The molecule has 0 bridgehead atoms. The van der Waals surface area contributed by atoms with Gasteiger partial charge in [0.2, 0.25) is 10.0 Å². The predicted octanol–water partition coefficient (Wildman–Crippen LogP) is 4.29. The Morgan fingerprint density at radius 1 is 1.09 bits per heavy atom. The van der Waals surface area contributed by atoms with Crippen molar-refractivity contribution in [3.05, 3.63) is 57.6 Å². The van der Waals surface area contributed by atoms with Crippen LogP contribution in [-0.4, -0.2) is 71.8 Å².